The van der Waals surface area contributed by atoms with Gasteiger partial charge in [-0.1, -0.05) is 35.6 Å². The van der Waals surface area contributed by atoms with Crippen LogP contribution < -0.4 is 10.2 Å². The van der Waals surface area contributed by atoms with Crippen molar-refractivity contribution in [3.8, 4) is 21.9 Å². The zero-order chi connectivity index (χ0) is 35.6. The summed E-state index contributed by atoms with van der Waals surface area (Å²) in [4.78, 5) is 41.9. The molecule has 10 nitrogen and oxygen atoms in total. The number of nitrogens with zero attached hydrogens (tertiary/aromatic N) is 4. The first-order valence-corrected chi connectivity index (χ1v) is 16.2. The average molecular weight is 696 g/mol. The van der Waals surface area contributed by atoms with Gasteiger partial charge in [0.05, 0.1) is 29.2 Å². The Hall–Kier alpha value is -4.98. The molecule has 49 heavy (non-hydrogen) atoms. The number of rotatable bonds is 8. The summed E-state index contributed by atoms with van der Waals surface area (Å²) < 4.78 is 56.8. The van der Waals surface area contributed by atoms with Gasteiger partial charge in [-0.3, -0.25) is 9.88 Å². The monoisotopic (exact) mass is 695 g/mol. The Morgan fingerprint density at radius 2 is 1.63 bits per heavy atom. The number of thiazole rings is 1. The van der Waals surface area contributed by atoms with E-state index in [1.165, 1.54) is 41.0 Å². The molecule has 2 aromatic carbocycles. The number of carbonyl (C=O) groups excluding carboxylic acids is 2. The van der Waals surface area contributed by atoms with E-state index in [0.29, 0.717) is 21.9 Å². The number of hydrogen-bond acceptors (Lipinski definition) is 9. The molecule has 0 unspecified atom stereocenters. The molecule has 0 saturated carbocycles. The van der Waals surface area contributed by atoms with E-state index in [1.54, 1.807) is 53.9 Å². The molecule has 1 N–H and O–H groups in total. The van der Waals surface area contributed by atoms with Gasteiger partial charge in [-0.25, -0.2) is 19.6 Å². The van der Waals surface area contributed by atoms with E-state index in [1.807, 2.05) is 24.3 Å². The number of benzene rings is 2. The number of hydrogen-bond donors (Lipinski definition) is 1. The van der Waals surface area contributed by atoms with Gasteiger partial charge in [0.15, 0.2) is 17.3 Å². The number of carbonyl (C=O) groups is 2. The van der Waals surface area contributed by atoms with Crippen LogP contribution in [0.1, 0.15) is 52.7 Å². The lowest BCUT2D eigenvalue weighted by Gasteiger charge is -2.30. The van der Waals surface area contributed by atoms with Crippen LogP contribution >= 0.6 is 11.3 Å². The predicted octanol–water partition coefficient (Wildman–Crippen LogP) is 8.91. The maximum Gasteiger partial charge on any atom is 0.416 e. The highest BCUT2D eigenvalue weighted by Gasteiger charge is 2.33. The molecule has 3 heterocycles. The molecule has 0 radical (unpaired) electrons. The van der Waals surface area contributed by atoms with Crippen LogP contribution in [0.5, 0.6) is 0 Å². The maximum atomic E-state index is 13.9. The molecule has 0 spiro atoms. The number of anilines is 1. The van der Waals surface area contributed by atoms with Crippen molar-refractivity contribution in [3.63, 3.8) is 0 Å². The fourth-order valence-electron chi connectivity index (χ4n) is 4.86. The molecule has 0 aliphatic carbocycles. The quantitative estimate of drug-likeness (QED) is 0.171. The van der Waals surface area contributed by atoms with E-state index in [9.17, 15) is 22.8 Å². The van der Waals surface area contributed by atoms with Crippen LogP contribution in [0.4, 0.5) is 27.9 Å². The van der Waals surface area contributed by atoms with Crippen molar-refractivity contribution >= 4 is 39.4 Å². The van der Waals surface area contributed by atoms with Gasteiger partial charge in [0.1, 0.15) is 16.9 Å². The summed E-state index contributed by atoms with van der Waals surface area (Å²) in [5, 5.41) is 4.90. The van der Waals surface area contributed by atoms with E-state index < -0.39 is 41.2 Å². The number of fused-ring (bicyclic) bond motifs is 1. The molecule has 0 fully saturated rings. The van der Waals surface area contributed by atoms with Gasteiger partial charge in [0.2, 0.25) is 0 Å². The third-order valence-electron chi connectivity index (χ3n) is 6.92. The SMILES string of the molecule is CC(C)(C)OC(=O)N[C@@H](Cc1ccc(C(F)(F)F)cc1)CN(C(=O)OC(C)(C)C)c1nc(-c2cnco2)c(-c2ccc3cnccc3c2)s1. The maximum absolute atomic E-state index is 13.9. The van der Waals surface area contributed by atoms with E-state index in [4.69, 9.17) is 18.9 Å². The van der Waals surface area contributed by atoms with Gasteiger partial charge < -0.3 is 19.2 Å². The Kier molecular flexibility index (Phi) is 10.00. The topological polar surface area (TPSA) is 120 Å². The molecule has 0 bridgehead atoms. The molecular formula is C35H36F3N5O5S. The highest BCUT2D eigenvalue weighted by molar-refractivity contribution is 7.19. The van der Waals surface area contributed by atoms with Gasteiger partial charge in [-0.2, -0.15) is 13.2 Å². The number of nitrogens with one attached hydrogen (secondary N) is 1. The Morgan fingerprint density at radius 3 is 2.27 bits per heavy atom. The van der Waals surface area contributed by atoms with Crippen LogP contribution in [0.3, 0.4) is 0 Å². The minimum atomic E-state index is -4.51. The van der Waals surface area contributed by atoms with Crippen molar-refractivity contribution in [2.45, 2.75) is 71.4 Å². The minimum absolute atomic E-state index is 0.0581. The number of ether oxygens (including phenoxy) is 2. The van der Waals surface area contributed by atoms with Crippen molar-refractivity contribution in [2.24, 2.45) is 0 Å². The Labute approximate surface area is 285 Å². The molecule has 0 saturated heterocycles. The van der Waals surface area contributed by atoms with E-state index in [2.05, 4.69) is 15.3 Å². The van der Waals surface area contributed by atoms with Gasteiger partial charge in [0.25, 0.3) is 0 Å². The highest BCUT2D eigenvalue weighted by Crippen LogP contribution is 2.41. The lowest BCUT2D eigenvalue weighted by molar-refractivity contribution is -0.137. The number of pyridine rings is 1. The third-order valence-corrected chi connectivity index (χ3v) is 8.04. The molecular weight excluding hydrogens is 659 g/mol. The van der Waals surface area contributed by atoms with Crippen molar-refractivity contribution in [1.82, 2.24) is 20.3 Å². The number of halogens is 3. The van der Waals surface area contributed by atoms with Gasteiger partial charge in [0, 0.05) is 17.8 Å². The molecule has 2 amide bonds. The zero-order valence-corrected chi connectivity index (χ0v) is 28.6. The summed E-state index contributed by atoms with van der Waals surface area (Å²) in [5.41, 5.74) is -0.809. The summed E-state index contributed by atoms with van der Waals surface area (Å²) in [6, 6.07) is 11.5. The molecule has 0 aliphatic heterocycles. The average Bonchev–Trinajstić information content (AvgIpc) is 3.68. The standard InChI is InChI=1S/C35H36F3N5O5S/c1-33(2,3)47-31(44)41-26(15-21-7-11-25(12-8-21)35(36,37)38)19-43(32(45)48-34(4,5)6)30-42-28(27-18-40-20-46-27)29(49-30)23-9-10-24-17-39-14-13-22(24)16-23/h7-14,16-18,20,26H,15,19H2,1-6H3,(H,41,44)/t26-/m0/s1. The number of aromatic nitrogens is 3. The van der Waals surface area contributed by atoms with Crippen LogP contribution in [-0.2, 0) is 22.1 Å². The van der Waals surface area contributed by atoms with Crippen LogP contribution in [0.2, 0.25) is 0 Å². The number of oxazole rings is 1. The van der Waals surface area contributed by atoms with E-state index >= 15 is 0 Å². The number of amides is 2. The molecule has 258 valence electrons. The summed E-state index contributed by atoms with van der Waals surface area (Å²) in [6.45, 7) is 10.1. The van der Waals surface area contributed by atoms with Crippen molar-refractivity contribution in [3.05, 3.63) is 84.6 Å². The van der Waals surface area contributed by atoms with E-state index in [-0.39, 0.29) is 18.1 Å². The van der Waals surface area contributed by atoms with Gasteiger partial charge >= 0.3 is 18.4 Å². The third kappa shape index (κ3) is 9.34. The summed E-state index contributed by atoms with van der Waals surface area (Å²) in [7, 11) is 0. The molecule has 0 aliphatic rings. The second kappa shape index (κ2) is 13.9. The lowest BCUT2D eigenvalue weighted by Crippen LogP contribution is -2.49. The Morgan fingerprint density at radius 1 is 0.918 bits per heavy atom. The summed E-state index contributed by atoms with van der Waals surface area (Å²) >= 11 is 1.21. The first-order chi connectivity index (χ1) is 22.9. The molecule has 5 aromatic rings. The van der Waals surface area contributed by atoms with Crippen LogP contribution in [-0.4, -0.2) is 50.9 Å². The van der Waals surface area contributed by atoms with Crippen LogP contribution in [0, 0.1) is 0 Å². The van der Waals surface area contributed by atoms with Crippen molar-refractivity contribution in [2.75, 3.05) is 11.4 Å². The zero-order valence-electron chi connectivity index (χ0n) is 27.8. The lowest BCUT2D eigenvalue weighted by atomic mass is 10.0. The summed E-state index contributed by atoms with van der Waals surface area (Å²) in [6.07, 6.45) is 0.289. The molecule has 1 atom stereocenters. The fraction of sp³-hybridized carbons (Fsp3) is 0.343. The molecule has 5 rings (SSSR count). The molecule has 3 aromatic heterocycles. The molecule has 14 heteroatoms. The smallest absolute Gasteiger partial charge is 0.416 e. The van der Waals surface area contributed by atoms with Crippen LogP contribution in [0.15, 0.2) is 77.9 Å². The van der Waals surface area contributed by atoms with Crippen molar-refractivity contribution in [1.29, 1.82) is 0 Å². The van der Waals surface area contributed by atoms with Gasteiger partial charge in [-0.05, 0) is 88.7 Å². The predicted molar refractivity (Wildman–Crippen MR) is 180 cm³/mol. The second-order valence-electron chi connectivity index (χ2n) is 13.3. The Balaban J connectivity index is 1.57. The van der Waals surface area contributed by atoms with Gasteiger partial charge in [-0.15, -0.1) is 0 Å². The number of alkyl carbamates (subject to hydrolysis) is 1. The van der Waals surface area contributed by atoms with Crippen molar-refractivity contribution < 1.29 is 36.7 Å². The normalized spacial score (nSPS) is 12.8. The summed E-state index contributed by atoms with van der Waals surface area (Å²) in [5.74, 6) is 0.365. The largest absolute Gasteiger partial charge is 0.444 e. The first-order valence-electron chi connectivity index (χ1n) is 15.4. The number of alkyl halides is 3. The van der Waals surface area contributed by atoms with E-state index in [0.717, 1.165) is 28.5 Å². The highest BCUT2D eigenvalue weighted by atomic mass is 32.1. The first kappa shape index (κ1) is 35.3. The van der Waals surface area contributed by atoms with Crippen LogP contribution in [0.25, 0.3) is 32.7 Å². The minimum Gasteiger partial charge on any atom is -0.444 e. The second-order valence-corrected chi connectivity index (χ2v) is 14.3. The Bertz CT molecular complexity index is 1910. The fourth-order valence-corrected chi connectivity index (χ4v) is 5.93.